The van der Waals surface area contributed by atoms with Gasteiger partial charge in [0.05, 0.1) is 18.7 Å². The number of benzene rings is 2. The molecular formula is C16H16N2O. The maximum Gasteiger partial charge on any atom is 0.123 e. The average Bonchev–Trinajstić information content (AvgIpc) is 2.46. The van der Waals surface area contributed by atoms with Crippen LogP contribution in [0, 0.1) is 18.3 Å². The number of ether oxygens (including phenoxy) is 1. The Morgan fingerprint density at radius 1 is 1.21 bits per heavy atom. The van der Waals surface area contributed by atoms with Crippen LogP contribution in [-0.2, 0) is 6.54 Å². The number of nitriles is 1. The fourth-order valence-corrected chi connectivity index (χ4v) is 1.92. The van der Waals surface area contributed by atoms with E-state index >= 15 is 0 Å². The number of hydrogen-bond acceptors (Lipinski definition) is 3. The molecule has 19 heavy (non-hydrogen) atoms. The van der Waals surface area contributed by atoms with E-state index in [1.54, 1.807) is 7.11 Å². The summed E-state index contributed by atoms with van der Waals surface area (Å²) in [6.45, 7) is 2.69. The maximum atomic E-state index is 8.92. The van der Waals surface area contributed by atoms with Crippen molar-refractivity contribution in [3.63, 3.8) is 0 Å². The molecule has 0 aliphatic rings. The molecule has 2 rings (SSSR count). The maximum absolute atomic E-state index is 8.92. The second-order valence-corrected chi connectivity index (χ2v) is 4.31. The normalized spacial score (nSPS) is 9.74. The first kappa shape index (κ1) is 13.0. The average molecular weight is 252 g/mol. The second-order valence-electron chi connectivity index (χ2n) is 4.31. The van der Waals surface area contributed by atoms with Crippen LogP contribution in [0.25, 0.3) is 0 Å². The molecule has 0 saturated heterocycles. The Hall–Kier alpha value is -2.47. The Kier molecular flexibility index (Phi) is 4.04. The van der Waals surface area contributed by atoms with Crippen LogP contribution in [0.5, 0.6) is 5.75 Å². The van der Waals surface area contributed by atoms with Crippen molar-refractivity contribution in [2.24, 2.45) is 0 Å². The first-order valence-corrected chi connectivity index (χ1v) is 6.11. The van der Waals surface area contributed by atoms with Gasteiger partial charge in [0.2, 0.25) is 0 Å². The highest BCUT2D eigenvalue weighted by molar-refractivity contribution is 5.55. The summed E-state index contributed by atoms with van der Waals surface area (Å²) < 4.78 is 5.32. The van der Waals surface area contributed by atoms with Crippen LogP contribution < -0.4 is 10.1 Å². The summed E-state index contributed by atoms with van der Waals surface area (Å²) in [6.07, 6.45) is 0. The highest BCUT2D eigenvalue weighted by atomic mass is 16.5. The topological polar surface area (TPSA) is 45.0 Å². The van der Waals surface area contributed by atoms with E-state index in [0.717, 1.165) is 22.6 Å². The van der Waals surface area contributed by atoms with Crippen LogP contribution >= 0.6 is 0 Å². The van der Waals surface area contributed by atoms with Gasteiger partial charge in [0.1, 0.15) is 5.75 Å². The summed E-state index contributed by atoms with van der Waals surface area (Å²) in [7, 11) is 1.67. The molecule has 3 nitrogen and oxygen atoms in total. The van der Waals surface area contributed by atoms with Crippen LogP contribution in [0.2, 0.25) is 0 Å². The largest absolute Gasteiger partial charge is 0.496 e. The molecule has 0 radical (unpaired) electrons. The van der Waals surface area contributed by atoms with Gasteiger partial charge in [-0.25, -0.2) is 0 Å². The van der Waals surface area contributed by atoms with Gasteiger partial charge in [-0.2, -0.15) is 5.26 Å². The number of nitrogens with one attached hydrogen (secondary N) is 1. The van der Waals surface area contributed by atoms with Crippen LogP contribution in [-0.4, -0.2) is 7.11 Å². The van der Waals surface area contributed by atoms with Crippen LogP contribution in [0.1, 0.15) is 16.7 Å². The van der Waals surface area contributed by atoms with Gasteiger partial charge in [-0.15, -0.1) is 0 Å². The van der Waals surface area contributed by atoms with Gasteiger partial charge in [-0.05, 0) is 30.7 Å². The van der Waals surface area contributed by atoms with E-state index in [1.165, 1.54) is 0 Å². The number of hydrogen-bond donors (Lipinski definition) is 1. The van der Waals surface area contributed by atoms with Gasteiger partial charge in [-0.3, -0.25) is 0 Å². The molecule has 0 atom stereocenters. The summed E-state index contributed by atoms with van der Waals surface area (Å²) in [6, 6.07) is 15.7. The van der Waals surface area contributed by atoms with E-state index in [2.05, 4.69) is 11.4 Å². The number of rotatable bonds is 4. The third-order valence-corrected chi connectivity index (χ3v) is 3.03. The SMILES string of the molecule is COc1ccccc1CNc1cc(C#N)ccc1C. The molecule has 0 amide bonds. The third kappa shape index (κ3) is 3.05. The van der Waals surface area contributed by atoms with E-state index in [9.17, 15) is 0 Å². The number of aryl methyl sites for hydroxylation is 1. The third-order valence-electron chi connectivity index (χ3n) is 3.03. The first-order chi connectivity index (χ1) is 9.24. The van der Waals surface area contributed by atoms with E-state index in [1.807, 2.05) is 49.4 Å². The summed E-state index contributed by atoms with van der Waals surface area (Å²) in [4.78, 5) is 0. The quantitative estimate of drug-likeness (QED) is 0.906. The zero-order chi connectivity index (χ0) is 13.7. The van der Waals surface area contributed by atoms with Crippen molar-refractivity contribution < 1.29 is 4.74 Å². The second kappa shape index (κ2) is 5.92. The number of nitrogens with zero attached hydrogens (tertiary/aromatic N) is 1. The van der Waals surface area contributed by atoms with E-state index < -0.39 is 0 Å². The highest BCUT2D eigenvalue weighted by Gasteiger charge is 2.03. The Labute approximate surface area is 113 Å². The van der Waals surface area contributed by atoms with Gasteiger partial charge in [0.15, 0.2) is 0 Å². The van der Waals surface area contributed by atoms with E-state index in [-0.39, 0.29) is 0 Å². The molecular weight excluding hydrogens is 236 g/mol. The lowest BCUT2D eigenvalue weighted by Crippen LogP contribution is -2.03. The zero-order valence-electron chi connectivity index (χ0n) is 11.1. The van der Waals surface area contributed by atoms with Gasteiger partial charge in [-0.1, -0.05) is 24.3 Å². The molecule has 0 aromatic heterocycles. The Morgan fingerprint density at radius 2 is 2.00 bits per heavy atom. The predicted molar refractivity (Wildman–Crippen MR) is 76.2 cm³/mol. The van der Waals surface area contributed by atoms with Crippen LogP contribution in [0.3, 0.4) is 0 Å². The predicted octanol–water partition coefficient (Wildman–Crippen LogP) is 3.49. The summed E-state index contributed by atoms with van der Waals surface area (Å²) in [5.74, 6) is 0.865. The van der Waals surface area contributed by atoms with Crippen molar-refractivity contribution in [1.29, 1.82) is 5.26 Å². The number of para-hydroxylation sites is 1. The fourth-order valence-electron chi connectivity index (χ4n) is 1.92. The number of methoxy groups -OCH3 is 1. The fraction of sp³-hybridized carbons (Fsp3) is 0.188. The molecule has 0 aliphatic carbocycles. The minimum Gasteiger partial charge on any atom is -0.496 e. The monoisotopic (exact) mass is 252 g/mol. The van der Waals surface area contributed by atoms with E-state index in [0.29, 0.717) is 12.1 Å². The molecule has 0 aliphatic heterocycles. The minimum atomic E-state index is 0.660. The summed E-state index contributed by atoms with van der Waals surface area (Å²) >= 11 is 0. The Morgan fingerprint density at radius 3 is 2.74 bits per heavy atom. The summed E-state index contributed by atoms with van der Waals surface area (Å²) in [5, 5.41) is 12.3. The van der Waals surface area contributed by atoms with Crippen molar-refractivity contribution in [3.05, 3.63) is 59.2 Å². The molecule has 0 unspecified atom stereocenters. The van der Waals surface area contributed by atoms with Crippen LogP contribution in [0.15, 0.2) is 42.5 Å². The molecule has 0 spiro atoms. The molecule has 1 N–H and O–H groups in total. The van der Waals surface area contributed by atoms with Crippen molar-refractivity contribution in [2.45, 2.75) is 13.5 Å². The van der Waals surface area contributed by atoms with Crippen molar-refractivity contribution in [3.8, 4) is 11.8 Å². The molecule has 3 heteroatoms. The van der Waals surface area contributed by atoms with Crippen molar-refractivity contribution >= 4 is 5.69 Å². The van der Waals surface area contributed by atoms with Gasteiger partial charge < -0.3 is 10.1 Å². The molecule has 0 saturated carbocycles. The van der Waals surface area contributed by atoms with E-state index in [4.69, 9.17) is 10.00 Å². The smallest absolute Gasteiger partial charge is 0.123 e. The molecule has 0 fully saturated rings. The minimum absolute atomic E-state index is 0.660. The van der Waals surface area contributed by atoms with Crippen molar-refractivity contribution in [1.82, 2.24) is 0 Å². The lowest BCUT2D eigenvalue weighted by Gasteiger charge is -2.12. The molecule has 0 heterocycles. The summed E-state index contributed by atoms with van der Waals surface area (Å²) in [5.41, 5.74) is 3.85. The van der Waals surface area contributed by atoms with Gasteiger partial charge in [0, 0.05) is 17.8 Å². The van der Waals surface area contributed by atoms with Crippen LogP contribution in [0.4, 0.5) is 5.69 Å². The first-order valence-electron chi connectivity index (χ1n) is 6.11. The molecule has 2 aromatic rings. The molecule has 96 valence electrons. The zero-order valence-corrected chi connectivity index (χ0v) is 11.1. The van der Waals surface area contributed by atoms with Crippen molar-refractivity contribution in [2.75, 3.05) is 12.4 Å². The molecule has 2 aromatic carbocycles. The molecule has 0 bridgehead atoms. The lowest BCUT2D eigenvalue weighted by molar-refractivity contribution is 0.410. The Balaban J connectivity index is 2.17. The van der Waals surface area contributed by atoms with Gasteiger partial charge >= 0.3 is 0 Å². The standard InChI is InChI=1S/C16H16N2O/c1-12-7-8-13(10-17)9-15(12)18-11-14-5-3-4-6-16(14)19-2/h3-9,18H,11H2,1-2H3. The highest BCUT2D eigenvalue weighted by Crippen LogP contribution is 2.21. The lowest BCUT2D eigenvalue weighted by atomic mass is 10.1. The Bertz CT molecular complexity index is 614. The number of anilines is 1. The van der Waals surface area contributed by atoms with Gasteiger partial charge in [0.25, 0.3) is 0 Å².